The van der Waals surface area contributed by atoms with Gasteiger partial charge in [0.15, 0.2) is 34.5 Å². The van der Waals surface area contributed by atoms with E-state index in [1.54, 1.807) is 12.1 Å². The van der Waals surface area contributed by atoms with Gasteiger partial charge in [-0.15, -0.1) is 0 Å². The van der Waals surface area contributed by atoms with Gasteiger partial charge in [0.2, 0.25) is 17.2 Å². The Kier molecular flexibility index (Phi) is 16.5. The number of hydrogen-bond donors (Lipinski definition) is 1. The van der Waals surface area contributed by atoms with Crippen molar-refractivity contribution in [3.8, 4) is 74.4 Å². The van der Waals surface area contributed by atoms with Crippen molar-refractivity contribution in [3.63, 3.8) is 0 Å². The summed E-state index contributed by atoms with van der Waals surface area (Å²) in [6.07, 6.45) is 0. The van der Waals surface area contributed by atoms with Gasteiger partial charge in [0, 0.05) is 11.1 Å². The fourth-order valence-electron chi connectivity index (χ4n) is 7.31. The second-order valence-corrected chi connectivity index (χ2v) is 16.3. The summed E-state index contributed by atoms with van der Waals surface area (Å²) in [5, 5.41) is 12.2. The van der Waals surface area contributed by atoms with Crippen LogP contribution in [0, 0.1) is 0 Å². The number of fused-ring (bicyclic) bond motifs is 2. The minimum atomic E-state index is -1.08. The molecule has 7 aromatic rings. The zero-order chi connectivity index (χ0) is 49.4. The lowest BCUT2D eigenvalue weighted by Gasteiger charge is -2.20. The highest BCUT2D eigenvalue weighted by Gasteiger charge is 2.29. The molecule has 0 spiro atoms. The maximum absolute atomic E-state index is 14.1. The lowest BCUT2D eigenvalue weighted by molar-refractivity contribution is 0.0691. The van der Waals surface area contributed by atoms with Gasteiger partial charge in [-0.1, -0.05) is 60.7 Å². The van der Waals surface area contributed by atoms with Crippen molar-refractivity contribution >= 4 is 87.2 Å². The molecule has 1 N–H and O–H groups in total. The Morgan fingerprint density at radius 3 is 1.00 bits per heavy atom. The van der Waals surface area contributed by atoms with Crippen molar-refractivity contribution < 1.29 is 71.6 Å². The van der Waals surface area contributed by atoms with E-state index in [0.29, 0.717) is 53.3 Å². The first-order chi connectivity index (χ1) is 32.8. The second kappa shape index (κ2) is 22.3. The van der Waals surface area contributed by atoms with Crippen molar-refractivity contribution in [2.24, 2.45) is 0 Å². The normalized spacial score (nSPS) is 10.6. The monoisotopic (exact) mass is 1120 g/mol. The molecule has 0 atom stereocenters. The molecule has 0 aliphatic carbocycles. The van der Waals surface area contributed by atoms with Gasteiger partial charge in [0.05, 0.1) is 94.1 Å². The van der Waals surface area contributed by atoms with Crippen LogP contribution < -0.4 is 52.1 Å². The summed E-state index contributed by atoms with van der Waals surface area (Å²) in [4.78, 5) is 39.1. The molecule has 18 heteroatoms. The number of carbonyl (C=O) groups is 3. The number of methoxy groups -OCH3 is 9. The molecule has 0 radical (unpaired) electrons. The number of hydrogen-bond acceptors (Lipinski definition) is 14. The van der Waals surface area contributed by atoms with Crippen LogP contribution in [0.15, 0.2) is 104 Å². The van der Waals surface area contributed by atoms with E-state index in [-0.39, 0.29) is 51.2 Å². The molecular formula is C50H43Br3O15. The van der Waals surface area contributed by atoms with E-state index in [9.17, 15) is 14.4 Å². The van der Waals surface area contributed by atoms with Gasteiger partial charge in [-0.05, 0) is 99.7 Å². The highest BCUT2D eigenvalue weighted by molar-refractivity contribution is 9.11. The van der Waals surface area contributed by atoms with Crippen molar-refractivity contribution in [1.29, 1.82) is 0 Å². The molecule has 0 bridgehead atoms. The summed E-state index contributed by atoms with van der Waals surface area (Å²) in [5.41, 5.74) is 1.36. The minimum Gasteiger partial charge on any atom is -0.493 e. The van der Waals surface area contributed by atoms with Crippen molar-refractivity contribution in [1.82, 2.24) is 0 Å². The molecule has 0 fully saturated rings. The van der Waals surface area contributed by atoms with E-state index in [4.69, 9.17) is 57.2 Å². The maximum Gasteiger partial charge on any atom is 0.344 e. The predicted octanol–water partition coefficient (Wildman–Crippen LogP) is 11.8. The summed E-state index contributed by atoms with van der Waals surface area (Å²) in [6, 6.07) is 26.9. The Balaban J connectivity index is 0.000000404. The summed E-state index contributed by atoms with van der Waals surface area (Å²) >= 11 is 10.1. The third-order valence-corrected chi connectivity index (χ3v) is 12.8. The van der Waals surface area contributed by atoms with Gasteiger partial charge in [0.1, 0.15) is 11.5 Å². The summed E-state index contributed by atoms with van der Waals surface area (Å²) in [6.45, 7) is 0. The number of rotatable bonds is 15. The maximum atomic E-state index is 14.1. The molecule has 7 aromatic carbocycles. The molecule has 0 saturated carbocycles. The molecule has 68 heavy (non-hydrogen) atoms. The van der Waals surface area contributed by atoms with Crippen LogP contribution in [0.3, 0.4) is 0 Å². The number of benzene rings is 7. The molecule has 0 aliphatic heterocycles. The Bertz CT molecular complexity index is 2900. The van der Waals surface area contributed by atoms with E-state index < -0.39 is 17.9 Å². The van der Waals surface area contributed by atoms with Crippen LogP contribution in [0.25, 0.3) is 32.7 Å². The van der Waals surface area contributed by atoms with Crippen LogP contribution >= 0.6 is 47.8 Å². The number of ether oxygens (including phenoxy) is 11. The zero-order valence-electron chi connectivity index (χ0n) is 38.0. The van der Waals surface area contributed by atoms with Crippen molar-refractivity contribution in [2.45, 2.75) is 0 Å². The lowest BCUT2D eigenvalue weighted by Crippen LogP contribution is -2.13. The number of carbonyl (C=O) groups excluding carboxylic acids is 2. The van der Waals surface area contributed by atoms with Gasteiger partial charge < -0.3 is 57.2 Å². The van der Waals surface area contributed by atoms with Crippen LogP contribution in [0.4, 0.5) is 0 Å². The molecule has 0 heterocycles. The van der Waals surface area contributed by atoms with Gasteiger partial charge in [0.25, 0.3) is 0 Å². The fraction of sp³-hybridized carbons (Fsp3) is 0.180. The van der Waals surface area contributed by atoms with Gasteiger partial charge in [-0.2, -0.15) is 0 Å². The number of esters is 2. The zero-order valence-corrected chi connectivity index (χ0v) is 42.7. The first-order valence-electron chi connectivity index (χ1n) is 19.9. The first-order valence-corrected chi connectivity index (χ1v) is 22.3. The first kappa shape index (κ1) is 50.5. The van der Waals surface area contributed by atoms with Crippen LogP contribution in [0.1, 0.15) is 31.1 Å². The standard InChI is InChI=1S/C40H32Br2O10.C10H11BrO5/c1-45-29-19-25(33(41)37(49-5)35(29)47-3)39(43)51-27-17-15-21-11-7-9-13-23(21)31(27)32-24-14-10-8-12-22(24)16-18-28(32)52-40(44)26-20-30(46-2)36(48-4)38(50-6)34(26)42;1-14-6-4-5(10(12)13)7(11)9(16-3)8(6)15-2/h7-20H,1-6H3;4H,1-3H3,(H,12,13). The second-order valence-electron chi connectivity index (χ2n) is 13.9. The lowest BCUT2D eigenvalue weighted by atomic mass is 9.92. The largest absolute Gasteiger partial charge is 0.493 e. The molecule has 0 aromatic heterocycles. The molecule has 354 valence electrons. The van der Waals surface area contributed by atoms with E-state index in [1.165, 1.54) is 82.2 Å². The average Bonchev–Trinajstić information content (AvgIpc) is 3.35. The highest BCUT2D eigenvalue weighted by atomic mass is 79.9. The molecule has 15 nitrogen and oxygen atoms in total. The quantitative estimate of drug-likeness (QED) is 0.0758. The molecule has 0 amide bonds. The SMILES string of the molecule is COc1cc(C(=O)O)c(Br)c(OC)c1OC.COc1cc(C(=O)Oc2ccc3ccccc3c2-c2c(OC(=O)c3cc(OC)c(OC)c(OC)c3Br)ccc3ccccc23)c(Br)c(OC)c1OC. The van der Waals surface area contributed by atoms with E-state index in [0.717, 1.165) is 21.5 Å². The third kappa shape index (κ3) is 9.75. The number of carboxylic acid groups (broad SMARTS) is 1. The Morgan fingerprint density at radius 1 is 0.382 bits per heavy atom. The van der Waals surface area contributed by atoms with Crippen LogP contribution in [-0.2, 0) is 0 Å². The van der Waals surface area contributed by atoms with Crippen LogP contribution in [0.5, 0.6) is 63.2 Å². The molecule has 0 unspecified atom stereocenters. The Labute approximate surface area is 416 Å². The van der Waals surface area contributed by atoms with Crippen LogP contribution in [-0.4, -0.2) is 87.0 Å². The number of halogens is 3. The molecular weight excluding hydrogens is 1080 g/mol. The molecule has 0 saturated heterocycles. The Morgan fingerprint density at radius 2 is 0.691 bits per heavy atom. The summed E-state index contributed by atoms with van der Waals surface area (Å²) in [7, 11) is 13.1. The number of carboxylic acids is 1. The number of aromatic carboxylic acids is 1. The molecule has 0 aliphatic rings. The fourth-order valence-corrected chi connectivity index (χ4v) is 9.18. The average molecular weight is 1120 g/mol. The van der Waals surface area contributed by atoms with E-state index in [2.05, 4.69) is 47.8 Å². The predicted molar refractivity (Wildman–Crippen MR) is 265 cm³/mol. The minimum absolute atomic E-state index is 0.0505. The Hall–Kier alpha value is -6.89. The van der Waals surface area contributed by atoms with E-state index in [1.807, 2.05) is 60.7 Å². The van der Waals surface area contributed by atoms with Gasteiger partial charge >= 0.3 is 17.9 Å². The van der Waals surface area contributed by atoms with Crippen molar-refractivity contribution in [3.05, 3.63) is 121 Å². The highest BCUT2D eigenvalue weighted by Crippen LogP contribution is 2.50. The van der Waals surface area contributed by atoms with Gasteiger partial charge in [-0.25, -0.2) is 14.4 Å². The van der Waals surface area contributed by atoms with Crippen LogP contribution in [0.2, 0.25) is 0 Å². The third-order valence-electron chi connectivity index (χ3n) is 10.4. The van der Waals surface area contributed by atoms with Crippen molar-refractivity contribution in [2.75, 3.05) is 64.0 Å². The van der Waals surface area contributed by atoms with Gasteiger partial charge in [-0.3, -0.25) is 0 Å². The molecule has 7 rings (SSSR count). The summed E-state index contributed by atoms with van der Waals surface area (Å²) in [5.74, 6) is 0.560. The summed E-state index contributed by atoms with van der Waals surface area (Å²) < 4.78 is 61.7. The topological polar surface area (TPSA) is 173 Å². The smallest absolute Gasteiger partial charge is 0.344 e. The van der Waals surface area contributed by atoms with E-state index >= 15 is 0 Å².